The van der Waals surface area contributed by atoms with E-state index < -0.39 is 5.82 Å². The van der Waals surface area contributed by atoms with Crippen molar-refractivity contribution in [1.29, 1.82) is 0 Å². The third-order valence-electron chi connectivity index (χ3n) is 3.63. The molecule has 1 aliphatic rings. The van der Waals surface area contributed by atoms with Crippen LogP contribution in [0.15, 0.2) is 22.7 Å². The van der Waals surface area contributed by atoms with E-state index in [0.717, 1.165) is 25.6 Å². The molecule has 0 saturated carbocycles. The Bertz CT molecular complexity index is 481. The van der Waals surface area contributed by atoms with Crippen LogP contribution in [-0.2, 0) is 0 Å². The molecule has 1 N–H and O–H groups in total. The second kappa shape index (κ2) is 7.18. The lowest BCUT2D eigenvalue weighted by atomic mass is 10.0. The fourth-order valence-electron chi connectivity index (χ4n) is 2.58. The van der Waals surface area contributed by atoms with Gasteiger partial charge in [0.25, 0.3) is 5.91 Å². The highest BCUT2D eigenvalue weighted by Crippen LogP contribution is 2.18. The Morgan fingerprint density at radius 3 is 3.10 bits per heavy atom. The smallest absolute Gasteiger partial charge is 0.252 e. The predicted molar refractivity (Wildman–Crippen MR) is 81.3 cm³/mol. The molecule has 1 fully saturated rings. The number of hydrogen-bond acceptors (Lipinski definition) is 2. The monoisotopic (exact) mass is 342 g/mol. The van der Waals surface area contributed by atoms with Crippen molar-refractivity contribution in [2.45, 2.75) is 19.8 Å². The lowest BCUT2D eigenvalue weighted by molar-refractivity contribution is 0.0942. The number of rotatable bonds is 4. The van der Waals surface area contributed by atoms with Gasteiger partial charge in [-0.2, -0.15) is 0 Å². The Kier molecular flexibility index (Phi) is 5.54. The number of benzene rings is 1. The number of nitrogens with zero attached hydrogens (tertiary/aromatic N) is 1. The number of carbonyl (C=O) groups is 1. The van der Waals surface area contributed by atoms with Crippen LogP contribution in [-0.4, -0.2) is 37.0 Å². The molecule has 2 rings (SSSR count). The van der Waals surface area contributed by atoms with Gasteiger partial charge in [-0.25, -0.2) is 4.39 Å². The maximum Gasteiger partial charge on any atom is 0.252 e. The van der Waals surface area contributed by atoms with E-state index in [1.807, 2.05) is 0 Å². The summed E-state index contributed by atoms with van der Waals surface area (Å²) in [4.78, 5) is 14.4. The molecular formula is C15H20BrFN2O. The highest BCUT2D eigenvalue weighted by molar-refractivity contribution is 9.10. The second-order valence-corrected chi connectivity index (χ2v) is 6.28. The molecule has 1 atom stereocenters. The van der Waals surface area contributed by atoms with Crippen molar-refractivity contribution >= 4 is 21.8 Å². The maximum absolute atomic E-state index is 13.2. The molecule has 3 nitrogen and oxygen atoms in total. The summed E-state index contributed by atoms with van der Waals surface area (Å²) < 4.78 is 13.8. The summed E-state index contributed by atoms with van der Waals surface area (Å²) in [5, 5.41) is 2.85. The zero-order valence-corrected chi connectivity index (χ0v) is 13.2. The molecule has 20 heavy (non-hydrogen) atoms. The average Bonchev–Trinajstić information content (AvgIpc) is 2.41. The SMILES string of the molecule is C[C@H]1CCCN(CCNC(=O)c2cc(F)ccc2Br)C1. The van der Waals surface area contributed by atoms with Gasteiger partial charge in [0.15, 0.2) is 0 Å². The van der Waals surface area contributed by atoms with Crippen LogP contribution in [0.5, 0.6) is 0 Å². The molecule has 0 unspecified atom stereocenters. The second-order valence-electron chi connectivity index (χ2n) is 5.43. The molecular weight excluding hydrogens is 323 g/mol. The van der Waals surface area contributed by atoms with Crippen LogP contribution in [0.25, 0.3) is 0 Å². The van der Waals surface area contributed by atoms with Gasteiger partial charge in [-0.15, -0.1) is 0 Å². The summed E-state index contributed by atoms with van der Waals surface area (Å²) in [6, 6.07) is 4.13. The van der Waals surface area contributed by atoms with Crippen LogP contribution in [0.1, 0.15) is 30.1 Å². The standard InChI is InChI=1S/C15H20BrFN2O/c1-11-3-2-7-19(10-11)8-6-18-15(20)13-9-12(17)4-5-14(13)16/h4-5,9,11H,2-3,6-8,10H2,1H3,(H,18,20)/t11-/m0/s1. The summed E-state index contributed by atoms with van der Waals surface area (Å²) in [6.07, 6.45) is 2.52. The van der Waals surface area contributed by atoms with E-state index >= 15 is 0 Å². The highest BCUT2D eigenvalue weighted by Gasteiger charge is 2.16. The highest BCUT2D eigenvalue weighted by atomic mass is 79.9. The predicted octanol–water partition coefficient (Wildman–Crippen LogP) is 3.05. The Balaban J connectivity index is 1.81. The van der Waals surface area contributed by atoms with E-state index in [4.69, 9.17) is 0 Å². The number of amides is 1. The normalized spacial score (nSPS) is 19.9. The van der Waals surface area contributed by atoms with Gasteiger partial charge in [-0.1, -0.05) is 6.92 Å². The van der Waals surface area contributed by atoms with E-state index in [0.29, 0.717) is 16.6 Å². The zero-order valence-electron chi connectivity index (χ0n) is 11.7. The van der Waals surface area contributed by atoms with Crippen molar-refractivity contribution in [2.24, 2.45) is 5.92 Å². The molecule has 0 radical (unpaired) electrons. The van der Waals surface area contributed by atoms with Crippen LogP contribution >= 0.6 is 15.9 Å². The first-order chi connectivity index (χ1) is 9.56. The molecule has 5 heteroatoms. The quantitative estimate of drug-likeness (QED) is 0.911. The number of hydrogen-bond donors (Lipinski definition) is 1. The van der Waals surface area contributed by atoms with Crippen molar-refractivity contribution in [2.75, 3.05) is 26.2 Å². The third-order valence-corrected chi connectivity index (χ3v) is 4.32. The van der Waals surface area contributed by atoms with Crippen molar-refractivity contribution < 1.29 is 9.18 Å². The molecule has 110 valence electrons. The van der Waals surface area contributed by atoms with E-state index in [-0.39, 0.29) is 5.91 Å². The summed E-state index contributed by atoms with van der Waals surface area (Å²) in [6.45, 7) is 5.90. The molecule has 0 aromatic heterocycles. The van der Waals surface area contributed by atoms with Crippen LogP contribution in [0.2, 0.25) is 0 Å². The molecule has 1 saturated heterocycles. The van der Waals surface area contributed by atoms with E-state index in [2.05, 4.69) is 33.1 Å². The van der Waals surface area contributed by atoms with E-state index in [1.165, 1.54) is 25.0 Å². The number of piperidine rings is 1. The van der Waals surface area contributed by atoms with E-state index in [9.17, 15) is 9.18 Å². The Labute approximate surface area is 127 Å². The first-order valence-corrected chi connectivity index (χ1v) is 7.81. The van der Waals surface area contributed by atoms with Gasteiger partial charge in [0.2, 0.25) is 0 Å². The molecule has 0 aliphatic carbocycles. The fourth-order valence-corrected chi connectivity index (χ4v) is 3.01. The molecule has 0 bridgehead atoms. The number of halogens is 2. The summed E-state index contributed by atoms with van der Waals surface area (Å²) >= 11 is 3.27. The summed E-state index contributed by atoms with van der Waals surface area (Å²) in [7, 11) is 0. The first-order valence-electron chi connectivity index (χ1n) is 7.02. The summed E-state index contributed by atoms with van der Waals surface area (Å²) in [5.74, 6) is 0.0986. The number of nitrogens with one attached hydrogen (secondary N) is 1. The van der Waals surface area contributed by atoms with Crippen LogP contribution < -0.4 is 5.32 Å². The topological polar surface area (TPSA) is 32.3 Å². The third kappa shape index (κ3) is 4.28. The van der Waals surface area contributed by atoms with Crippen molar-refractivity contribution in [3.63, 3.8) is 0 Å². The largest absolute Gasteiger partial charge is 0.351 e. The van der Waals surface area contributed by atoms with Crippen LogP contribution in [0.4, 0.5) is 4.39 Å². The van der Waals surface area contributed by atoms with E-state index in [1.54, 1.807) is 6.07 Å². The Morgan fingerprint density at radius 1 is 1.55 bits per heavy atom. The molecule has 1 aromatic rings. The van der Waals surface area contributed by atoms with Crippen molar-refractivity contribution in [3.05, 3.63) is 34.1 Å². The molecule has 1 aromatic carbocycles. The number of carbonyl (C=O) groups excluding carboxylic acids is 1. The first kappa shape index (κ1) is 15.4. The molecule has 1 heterocycles. The zero-order chi connectivity index (χ0) is 14.5. The van der Waals surface area contributed by atoms with Crippen LogP contribution in [0.3, 0.4) is 0 Å². The fraction of sp³-hybridized carbons (Fsp3) is 0.533. The molecule has 1 aliphatic heterocycles. The van der Waals surface area contributed by atoms with Crippen molar-refractivity contribution in [3.8, 4) is 0 Å². The minimum absolute atomic E-state index is 0.235. The maximum atomic E-state index is 13.2. The lowest BCUT2D eigenvalue weighted by Gasteiger charge is -2.30. The Hall–Kier alpha value is -0.940. The number of likely N-dealkylation sites (tertiary alicyclic amines) is 1. The van der Waals surface area contributed by atoms with Gasteiger partial charge in [0.05, 0.1) is 5.56 Å². The van der Waals surface area contributed by atoms with Crippen molar-refractivity contribution in [1.82, 2.24) is 10.2 Å². The van der Waals surface area contributed by atoms with Gasteiger partial charge in [-0.3, -0.25) is 4.79 Å². The minimum Gasteiger partial charge on any atom is -0.351 e. The summed E-state index contributed by atoms with van der Waals surface area (Å²) in [5.41, 5.74) is 0.344. The van der Waals surface area contributed by atoms with Gasteiger partial charge < -0.3 is 10.2 Å². The van der Waals surface area contributed by atoms with Gasteiger partial charge in [0.1, 0.15) is 5.82 Å². The van der Waals surface area contributed by atoms with Gasteiger partial charge >= 0.3 is 0 Å². The van der Waals surface area contributed by atoms with Gasteiger partial charge in [0, 0.05) is 24.1 Å². The Morgan fingerprint density at radius 2 is 2.35 bits per heavy atom. The lowest BCUT2D eigenvalue weighted by Crippen LogP contribution is -2.40. The van der Waals surface area contributed by atoms with Crippen LogP contribution in [0, 0.1) is 11.7 Å². The molecule has 0 spiro atoms. The minimum atomic E-state index is -0.400. The average molecular weight is 343 g/mol. The molecule has 1 amide bonds. The van der Waals surface area contributed by atoms with Gasteiger partial charge in [-0.05, 0) is 59.4 Å².